The van der Waals surface area contributed by atoms with E-state index in [1.54, 1.807) is 30.5 Å². The molecule has 0 unspecified atom stereocenters. The highest BCUT2D eigenvalue weighted by Gasteiger charge is 2.02. The van der Waals surface area contributed by atoms with Crippen molar-refractivity contribution in [3.8, 4) is 6.07 Å². The van der Waals surface area contributed by atoms with E-state index >= 15 is 0 Å². The largest absolute Gasteiger partial charge is 0.365 e. The van der Waals surface area contributed by atoms with Gasteiger partial charge < -0.3 is 10.6 Å². The first kappa shape index (κ1) is 15.4. The van der Waals surface area contributed by atoms with Crippen molar-refractivity contribution in [1.29, 1.82) is 5.26 Å². The van der Waals surface area contributed by atoms with Crippen molar-refractivity contribution in [2.24, 2.45) is 0 Å². The third-order valence-electron chi connectivity index (χ3n) is 3.39. The van der Waals surface area contributed by atoms with E-state index in [1.165, 1.54) is 11.1 Å². The quantitative estimate of drug-likeness (QED) is 0.750. The van der Waals surface area contributed by atoms with E-state index in [1.807, 2.05) is 6.07 Å². The molecule has 2 aromatic carbocycles. The fourth-order valence-electron chi connectivity index (χ4n) is 2.21. The number of nitrogens with one attached hydrogen (secondary N) is 2. The van der Waals surface area contributed by atoms with Gasteiger partial charge in [-0.25, -0.2) is 0 Å². The highest BCUT2D eigenvalue weighted by Crippen LogP contribution is 2.14. The summed E-state index contributed by atoms with van der Waals surface area (Å²) in [6, 6.07) is 17.4. The van der Waals surface area contributed by atoms with E-state index in [4.69, 9.17) is 5.26 Å². The number of hydrogen-bond acceptors (Lipinski definition) is 6. The van der Waals surface area contributed by atoms with Gasteiger partial charge in [0.1, 0.15) is 0 Å². The summed E-state index contributed by atoms with van der Waals surface area (Å²) in [6.45, 7) is 2.73. The van der Waals surface area contributed by atoms with Crippen LogP contribution in [0.15, 0.2) is 54.7 Å². The Morgan fingerprint density at radius 3 is 2.71 bits per heavy atom. The van der Waals surface area contributed by atoms with Gasteiger partial charge in [0.15, 0.2) is 5.82 Å². The van der Waals surface area contributed by atoms with Crippen LogP contribution in [-0.4, -0.2) is 15.2 Å². The predicted octanol–water partition coefficient (Wildman–Crippen LogP) is 3.41. The summed E-state index contributed by atoms with van der Waals surface area (Å²) in [6.07, 6.45) is 1.58. The zero-order chi connectivity index (χ0) is 16.8. The van der Waals surface area contributed by atoms with Gasteiger partial charge in [0.2, 0.25) is 5.95 Å². The van der Waals surface area contributed by atoms with Gasteiger partial charge in [-0.3, -0.25) is 0 Å². The Balaban J connectivity index is 1.66. The predicted molar refractivity (Wildman–Crippen MR) is 92.8 cm³/mol. The van der Waals surface area contributed by atoms with Crippen LogP contribution < -0.4 is 10.6 Å². The standard InChI is InChI=1S/C18H16N6/c1-13-3-2-4-15(9-13)11-20-17-12-21-24-18(23-17)22-16-7-5-14(10-19)6-8-16/h2-9,12H,11H2,1H3,(H2,20,22,23,24). The molecule has 0 saturated carbocycles. The van der Waals surface area contributed by atoms with E-state index in [2.05, 4.69) is 57.0 Å². The number of aromatic nitrogens is 3. The molecule has 0 fully saturated rings. The molecule has 3 aromatic rings. The molecule has 0 amide bonds. The van der Waals surface area contributed by atoms with Gasteiger partial charge in [-0.05, 0) is 36.8 Å². The summed E-state index contributed by atoms with van der Waals surface area (Å²) in [4.78, 5) is 4.39. The first-order valence-electron chi connectivity index (χ1n) is 7.49. The van der Waals surface area contributed by atoms with Gasteiger partial charge >= 0.3 is 0 Å². The van der Waals surface area contributed by atoms with Crippen LogP contribution in [0.5, 0.6) is 0 Å². The highest BCUT2D eigenvalue weighted by atomic mass is 15.3. The normalized spacial score (nSPS) is 10.0. The summed E-state index contributed by atoms with van der Waals surface area (Å²) in [5.41, 5.74) is 3.80. The van der Waals surface area contributed by atoms with Gasteiger partial charge in [-0.1, -0.05) is 29.8 Å². The van der Waals surface area contributed by atoms with Crippen LogP contribution in [0.25, 0.3) is 0 Å². The van der Waals surface area contributed by atoms with E-state index in [0.717, 1.165) is 5.69 Å². The molecule has 2 N–H and O–H groups in total. The second-order valence-corrected chi connectivity index (χ2v) is 5.32. The Morgan fingerprint density at radius 1 is 1.12 bits per heavy atom. The summed E-state index contributed by atoms with van der Waals surface area (Å²) < 4.78 is 0. The van der Waals surface area contributed by atoms with Crippen LogP contribution in [0.3, 0.4) is 0 Å². The van der Waals surface area contributed by atoms with Gasteiger partial charge in [0, 0.05) is 12.2 Å². The second kappa shape index (κ2) is 7.20. The molecule has 0 bridgehead atoms. The van der Waals surface area contributed by atoms with Crippen molar-refractivity contribution in [3.63, 3.8) is 0 Å². The van der Waals surface area contributed by atoms with E-state index in [9.17, 15) is 0 Å². The average Bonchev–Trinajstić information content (AvgIpc) is 2.61. The van der Waals surface area contributed by atoms with Crippen LogP contribution in [0.2, 0.25) is 0 Å². The third kappa shape index (κ3) is 4.05. The molecule has 3 rings (SSSR count). The molecule has 0 aliphatic rings. The van der Waals surface area contributed by atoms with E-state index in [-0.39, 0.29) is 0 Å². The Kier molecular flexibility index (Phi) is 4.63. The van der Waals surface area contributed by atoms with Crippen molar-refractivity contribution >= 4 is 17.5 Å². The van der Waals surface area contributed by atoms with E-state index in [0.29, 0.717) is 23.9 Å². The minimum Gasteiger partial charge on any atom is -0.365 e. The molecule has 0 spiro atoms. The number of nitriles is 1. The molecule has 0 saturated heterocycles. The maximum absolute atomic E-state index is 8.81. The Morgan fingerprint density at radius 2 is 1.96 bits per heavy atom. The number of rotatable bonds is 5. The molecule has 118 valence electrons. The molecule has 6 nitrogen and oxygen atoms in total. The molecule has 1 heterocycles. The Hall–Kier alpha value is -3.46. The van der Waals surface area contributed by atoms with Gasteiger partial charge in [0.05, 0.1) is 17.8 Å². The SMILES string of the molecule is Cc1cccc(CNc2cnnc(Nc3ccc(C#N)cc3)n2)c1. The number of nitrogens with zero attached hydrogens (tertiary/aromatic N) is 4. The highest BCUT2D eigenvalue weighted by molar-refractivity contribution is 5.55. The smallest absolute Gasteiger partial charge is 0.249 e. The zero-order valence-electron chi connectivity index (χ0n) is 13.2. The molecule has 1 aromatic heterocycles. The molecule has 0 radical (unpaired) electrons. The molecule has 24 heavy (non-hydrogen) atoms. The van der Waals surface area contributed by atoms with E-state index < -0.39 is 0 Å². The molecular formula is C18H16N6. The summed E-state index contributed by atoms with van der Waals surface area (Å²) >= 11 is 0. The summed E-state index contributed by atoms with van der Waals surface area (Å²) in [7, 11) is 0. The van der Waals surface area contributed by atoms with Crippen molar-refractivity contribution in [2.75, 3.05) is 10.6 Å². The first-order chi connectivity index (χ1) is 11.7. The fraction of sp³-hybridized carbons (Fsp3) is 0.111. The topological polar surface area (TPSA) is 86.5 Å². The first-order valence-corrected chi connectivity index (χ1v) is 7.49. The van der Waals surface area contributed by atoms with Crippen LogP contribution in [0.1, 0.15) is 16.7 Å². The summed E-state index contributed by atoms with van der Waals surface area (Å²) in [5, 5.41) is 23.0. The molecule has 0 aliphatic carbocycles. The monoisotopic (exact) mass is 316 g/mol. The molecule has 6 heteroatoms. The van der Waals surface area contributed by atoms with Crippen molar-refractivity contribution in [1.82, 2.24) is 15.2 Å². The van der Waals surface area contributed by atoms with Crippen LogP contribution in [0.4, 0.5) is 17.5 Å². The van der Waals surface area contributed by atoms with Crippen molar-refractivity contribution in [2.45, 2.75) is 13.5 Å². The molecule has 0 atom stereocenters. The van der Waals surface area contributed by atoms with Gasteiger partial charge in [-0.2, -0.15) is 15.3 Å². The second-order valence-electron chi connectivity index (χ2n) is 5.32. The third-order valence-corrected chi connectivity index (χ3v) is 3.39. The summed E-state index contributed by atoms with van der Waals surface area (Å²) in [5.74, 6) is 1.04. The minimum absolute atomic E-state index is 0.397. The Bertz CT molecular complexity index is 867. The number of aryl methyl sites for hydroxylation is 1. The maximum atomic E-state index is 8.81. The van der Waals surface area contributed by atoms with Crippen LogP contribution in [-0.2, 0) is 6.54 Å². The average molecular weight is 316 g/mol. The lowest BCUT2D eigenvalue weighted by Gasteiger charge is -2.08. The zero-order valence-corrected chi connectivity index (χ0v) is 13.2. The molecule has 0 aliphatic heterocycles. The minimum atomic E-state index is 0.397. The van der Waals surface area contributed by atoms with Crippen molar-refractivity contribution < 1.29 is 0 Å². The number of hydrogen-bond donors (Lipinski definition) is 2. The lowest BCUT2D eigenvalue weighted by Crippen LogP contribution is -2.05. The van der Waals surface area contributed by atoms with Crippen LogP contribution in [0, 0.1) is 18.3 Å². The van der Waals surface area contributed by atoms with Crippen molar-refractivity contribution in [3.05, 3.63) is 71.4 Å². The van der Waals surface area contributed by atoms with Gasteiger partial charge in [0.25, 0.3) is 0 Å². The van der Waals surface area contributed by atoms with Gasteiger partial charge in [-0.15, -0.1) is 5.10 Å². The number of anilines is 3. The maximum Gasteiger partial charge on any atom is 0.249 e. The number of benzene rings is 2. The lowest BCUT2D eigenvalue weighted by molar-refractivity contribution is 0.965. The molecular weight excluding hydrogens is 300 g/mol. The van der Waals surface area contributed by atoms with Crippen LogP contribution >= 0.6 is 0 Å². The lowest BCUT2D eigenvalue weighted by atomic mass is 10.1. The Labute approximate surface area is 140 Å². The fourth-order valence-corrected chi connectivity index (χ4v) is 2.21.